The summed E-state index contributed by atoms with van der Waals surface area (Å²) in [6, 6.07) is 7.99. The molecule has 1 aliphatic heterocycles. The Morgan fingerprint density at radius 2 is 2.25 bits per heavy atom. The minimum absolute atomic E-state index is 0.00986. The third-order valence-corrected chi connectivity index (χ3v) is 2.77. The summed E-state index contributed by atoms with van der Waals surface area (Å²) in [4.78, 5) is 35.3. The van der Waals surface area contributed by atoms with Crippen molar-refractivity contribution in [1.29, 1.82) is 5.26 Å². The summed E-state index contributed by atoms with van der Waals surface area (Å²) in [5.74, 6) is -0.665. The van der Waals surface area contributed by atoms with Gasteiger partial charge in [-0.1, -0.05) is 6.07 Å². The van der Waals surface area contributed by atoms with Crippen LogP contribution in [-0.2, 0) is 9.59 Å². The second kappa shape index (κ2) is 5.84. The number of hydrogen-bond donors (Lipinski definition) is 2. The summed E-state index contributed by atoms with van der Waals surface area (Å²) < 4.78 is 0. The SMILES string of the molecule is N#Cc1cccc(NC(=O)CCN2C(=O)CNC2=O)c1. The molecule has 1 fully saturated rings. The van der Waals surface area contributed by atoms with Gasteiger partial charge in [-0.15, -0.1) is 0 Å². The van der Waals surface area contributed by atoms with Gasteiger partial charge < -0.3 is 10.6 Å². The summed E-state index contributed by atoms with van der Waals surface area (Å²) in [5.41, 5.74) is 0.947. The van der Waals surface area contributed by atoms with Crippen LogP contribution in [0.1, 0.15) is 12.0 Å². The minimum atomic E-state index is -0.478. The van der Waals surface area contributed by atoms with Crippen LogP contribution in [0.25, 0.3) is 0 Å². The molecule has 1 saturated heterocycles. The molecule has 1 aliphatic rings. The molecule has 0 bridgehead atoms. The number of imide groups is 1. The number of carbonyl (C=O) groups excluding carboxylic acids is 3. The van der Waals surface area contributed by atoms with Gasteiger partial charge in [-0.2, -0.15) is 5.26 Å². The van der Waals surface area contributed by atoms with E-state index < -0.39 is 6.03 Å². The summed E-state index contributed by atoms with van der Waals surface area (Å²) >= 11 is 0. The van der Waals surface area contributed by atoms with Crippen LogP contribution in [0.3, 0.4) is 0 Å². The lowest BCUT2D eigenvalue weighted by atomic mass is 10.2. The zero-order chi connectivity index (χ0) is 14.5. The monoisotopic (exact) mass is 272 g/mol. The molecule has 7 heteroatoms. The van der Waals surface area contributed by atoms with Crippen LogP contribution in [-0.4, -0.2) is 35.8 Å². The fraction of sp³-hybridized carbons (Fsp3) is 0.231. The quantitative estimate of drug-likeness (QED) is 0.776. The van der Waals surface area contributed by atoms with E-state index in [4.69, 9.17) is 5.26 Å². The van der Waals surface area contributed by atoms with E-state index in [-0.39, 0.29) is 31.3 Å². The van der Waals surface area contributed by atoms with Crippen molar-refractivity contribution in [2.45, 2.75) is 6.42 Å². The normalized spacial score (nSPS) is 13.8. The number of urea groups is 1. The molecule has 2 N–H and O–H groups in total. The maximum Gasteiger partial charge on any atom is 0.324 e. The van der Waals surface area contributed by atoms with Crippen LogP contribution in [0.5, 0.6) is 0 Å². The number of nitrogens with zero attached hydrogens (tertiary/aromatic N) is 2. The number of anilines is 1. The summed E-state index contributed by atoms with van der Waals surface area (Å²) in [5, 5.41) is 13.7. The second-order valence-electron chi connectivity index (χ2n) is 4.19. The largest absolute Gasteiger partial charge is 0.329 e. The van der Waals surface area contributed by atoms with E-state index in [2.05, 4.69) is 10.6 Å². The molecule has 2 rings (SSSR count). The van der Waals surface area contributed by atoms with Crippen LogP contribution in [0.15, 0.2) is 24.3 Å². The van der Waals surface area contributed by atoms with Gasteiger partial charge in [0.15, 0.2) is 0 Å². The molecular formula is C13H12N4O3. The highest BCUT2D eigenvalue weighted by Crippen LogP contribution is 2.10. The molecule has 20 heavy (non-hydrogen) atoms. The molecule has 1 aromatic carbocycles. The number of nitrogens with one attached hydrogen (secondary N) is 2. The summed E-state index contributed by atoms with van der Waals surface area (Å²) in [6.07, 6.45) is 0.00986. The Hall–Kier alpha value is -2.88. The first-order chi connectivity index (χ1) is 9.60. The third-order valence-electron chi connectivity index (χ3n) is 2.77. The fourth-order valence-electron chi connectivity index (χ4n) is 1.78. The Morgan fingerprint density at radius 1 is 1.45 bits per heavy atom. The molecule has 4 amide bonds. The van der Waals surface area contributed by atoms with Crippen LogP contribution >= 0.6 is 0 Å². The van der Waals surface area contributed by atoms with Gasteiger partial charge in [0, 0.05) is 18.7 Å². The van der Waals surface area contributed by atoms with Crippen molar-refractivity contribution in [1.82, 2.24) is 10.2 Å². The Morgan fingerprint density at radius 3 is 2.90 bits per heavy atom. The standard InChI is InChI=1S/C13H12N4O3/c14-7-9-2-1-3-10(6-9)16-11(18)4-5-17-12(19)8-15-13(17)20/h1-3,6H,4-5,8H2,(H,15,20)(H,16,18). The first-order valence-corrected chi connectivity index (χ1v) is 5.98. The maximum atomic E-state index is 11.7. The van der Waals surface area contributed by atoms with E-state index in [1.54, 1.807) is 24.3 Å². The average molecular weight is 272 g/mol. The molecule has 1 aromatic rings. The van der Waals surface area contributed by atoms with Crippen molar-refractivity contribution in [3.63, 3.8) is 0 Å². The van der Waals surface area contributed by atoms with Gasteiger partial charge in [0.1, 0.15) is 0 Å². The first kappa shape index (κ1) is 13.5. The molecule has 0 spiro atoms. The van der Waals surface area contributed by atoms with E-state index in [0.717, 1.165) is 4.90 Å². The van der Waals surface area contributed by atoms with Gasteiger partial charge in [0.05, 0.1) is 18.2 Å². The van der Waals surface area contributed by atoms with E-state index in [1.807, 2.05) is 6.07 Å². The van der Waals surface area contributed by atoms with E-state index >= 15 is 0 Å². The van der Waals surface area contributed by atoms with Gasteiger partial charge in [-0.05, 0) is 18.2 Å². The zero-order valence-electron chi connectivity index (χ0n) is 10.5. The Kier molecular flexibility index (Phi) is 3.96. The number of rotatable bonds is 4. The van der Waals surface area contributed by atoms with Crippen LogP contribution in [0.2, 0.25) is 0 Å². The van der Waals surface area contributed by atoms with Crippen molar-refractivity contribution in [3.05, 3.63) is 29.8 Å². The molecule has 0 aliphatic carbocycles. The van der Waals surface area contributed by atoms with Crippen molar-refractivity contribution >= 4 is 23.5 Å². The van der Waals surface area contributed by atoms with E-state index in [1.165, 1.54) is 0 Å². The predicted molar refractivity (Wildman–Crippen MR) is 69.5 cm³/mol. The van der Waals surface area contributed by atoms with Crippen LogP contribution in [0, 0.1) is 11.3 Å². The lowest BCUT2D eigenvalue weighted by molar-refractivity contribution is -0.125. The van der Waals surface area contributed by atoms with Gasteiger partial charge in [0.2, 0.25) is 11.8 Å². The van der Waals surface area contributed by atoms with Crippen LogP contribution < -0.4 is 10.6 Å². The Bertz CT molecular complexity index is 590. The summed E-state index contributed by atoms with van der Waals surface area (Å²) in [6.45, 7) is 0.0130. The lowest BCUT2D eigenvalue weighted by Gasteiger charge is -2.12. The van der Waals surface area contributed by atoms with Gasteiger partial charge >= 0.3 is 6.03 Å². The number of hydrogen-bond acceptors (Lipinski definition) is 4. The molecule has 7 nitrogen and oxygen atoms in total. The maximum absolute atomic E-state index is 11.7. The van der Waals surface area contributed by atoms with E-state index in [0.29, 0.717) is 11.3 Å². The predicted octanol–water partition coefficient (Wildman–Crippen LogP) is 0.439. The van der Waals surface area contributed by atoms with Crippen molar-refractivity contribution < 1.29 is 14.4 Å². The number of amides is 4. The lowest BCUT2D eigenvalue weighted by Crippen LogP contribution is -2.33. The highest BCUT2D eigenvalue weighted by atomic mass is 16.2. The molecule has 0 aromatic heterocycles. The minimum Gasteiger partial charge on any atom is -0.329 e. The van der Waals surface area contributed by atoms with Gasteiger partial charge in [-0.3, -0.25) is 14.5 Å². The van der Waals surface area contributed by atoms with Gasteiger partial charge in [0.25, 0.3) is 0 Å². The molecule has 1 heterocycles. The molecule has 0 radical (unpaired) electrons. The highest BCUT2D eigenvalue weighted by Gasteiger charge is 2.28. The second-order valence-corrected chi connectivity index (χ2v) is 4.19. The van der Waals surface area contributed by atoms with Gasteiger partial charge in [-0.25, -0.2) is 4.79 Å². The Labute approximate surface area is 115 Å². The summed E-state index contributed by atoms with van der Waals surface area (Å²) in [7, 11) is 0. The van der Waals surface area contributed by atoms with Crippen molar-refractivity contribution in [3.8, 4) is 6.07 Å². The number of benzene rings is 1. The topological polar surface area (TPSA) is 102 Å². The van der Waals surface area contributed by atoms with Crippen molar-refractivity contribution in [2.75, 3.05) is 18.4 Å². The zero-order valence-corrected chi connectivity index (χ0v) is 10.5. The number of carbonyl (C=O) groups is 3. The first-order valence-electron chi connectivity index (χ1n) is 5.98. The fourth-order valence-corrected chi connectivity index (χ4v) is 1.78. The smallest absolute Gasteiger partial charge is 0.324 e. The number of nitriles is 1. The molecule has 102 valence electrons. The third kappa shape index (κ3) is 3.11. The molecule has 0 saturated carbocycles. The molecular weight excluding hydrogens is 260 g/mol. The Balaban J connectivity index is 1.88. The molecule has 0 atom stereocenters. The van der Waals surface area contributed by atoms with Crippen LogP contribution in [0.4, 0.5) is 10.5 Å². The van der Waals surface area contributed by atoms with E-state index in [9.17, 15) is 14.4 Å². The average Bonchev–Trinajstić information content (AvgIpc) is 2.76. The molecule has 0 unspecified atom stereocenters. The highest BCUT2D eigenvalue weighted by molar-refractivity contribution is 6.02. The van der Waals surface area contributed by atoms with Crippen molar-refractivity contribution in [2.24, 2.45) is 0 Å².